The number of rotatable bonds is 29. The first-order valence-electron chi connectivity index (χ1n) is 19.0. The Morgan fingerprint density at radius 3 is 1.86 bits per heavy atom. The number of aliphatic hydroxyl groups is 6. The Morgan fingerprint density at radius 2 is 1.33 bits per heavy atom. The van der Waals surface area contributed by atoms with Crippen molar-refractivity contribution < 1.29 is 106 Å². The van der Waals surface area contributed by atoms with Gasteiger partial charge in [0.25, 0.3) is 0 Å². The molecule has 0 aliphatic carbocycles. The van der Waals surface area contributed by atoms with Gasteiger partial charge in [0.2, 0.25) is 5.91 Å². The van der Waals surface area contributed by atoms with Crippen LogP contribution in [0.1, 0.15) is 26.7 Å². The Bertz CT molecular complexity index is 1230. The highest BCUT2D eigenvalue weighted by Gasteiger charge is 2.52. The molecule has 0 bridgehead atoms. The van der Waals surface area contributed by atoms with Crippen molar-refractivity contribution in [3.63, 3.8) is 0 Å². The third-order valence-electron chi connectivity index (χ3n) is 8.80. The first kappa shape index (κ1) is 52.6. The summed E-state index contributed by atoms with van der Waals surface area (Å²) in [6.07, 6.45) is -15.1. The van der Waals surface area contributed by atoms with Gasteiger partial charge in [-0.25, -0.2) is 9.36 Å². The zero-order valence-corrected chi connectivity index (χ0v) is 34.9. The lowest BCUT2D eigenvalue weighted by Gasteiger charge is -2.47. The van der Waals surface area contributed by atoms with Crippen LogP contribution in [0.25, 0.3) is 0 Å². The number of likely N-dealkylation sites (N-methyl/N-ethyl adjacent to an activating group) is 1. The molecule has 0 radical (unpaired) electrons. The second-order valence-electron chi connectivity index (χ2n) is 15.1. The monoisotopic (exact) mass is 869 g/mol. The molecular formula is C34H66N2O21P+. The van der Waals surface area contributed by atoms with Crippen molar-refractivity contribution in [3.8, 4) is 0 Å². The number of hydrogen-bond donors (Lipinski definition) is 9. The van der Waals surface area contributed by atoms with E-state index < -0.39 is 106 Å². The average Bonchev–Trinajstić information content (AvgIpc) is 3.12. The van der Waals surface area contributed by atoms with Gasteiger partial charge in [-0.3, -0.25) is 13.8 Å². The molecule has 23 nitrogen and oxygen atoms in total. The Hall–Kier alpha value is -1.55. The van der Waals surface area contributed by atoms with E-state index in [1.54, 1.807) is 6.92 Å². The van der Waals surface area contributed by atoms with Crippen molar-refractivity contribution in [3.05, 3.63) is 0 Å². The fourth-order valence-electron chi connectivity index (χ4n) is 5.73. The zero-order valence-electron chi connectivity index (χ0n) is 34.0. The highest BCUT2D eigenvalue weighted by atomic mass is 31.2. The second kappa shape index (κ2) is 26.0. The third-order valence-corrected chi connectivity index (χ3v) is 9.78. The molecule has 0 aromatic carbocycles. The fourth-order valence-corrected chi connectivity index (χ4v) is 6.48. The number of nitrogens with zero attached hydrogens (tertiary/aromatic N) is 1. The van der Waals surface area contributed by atoms with Crippen LogP contribution in [0.3, 0.4) is 0 Å². The highest BCUT2D eigenvalue weighted by Crippen LogP contribution is 2.43. The number of nitrogens with one attached hydrogen (secondary N) is 1. The number of hydrogen-bond acceptors (Lipinski definition) is 19. The maximum atomic E-state index is 12.0. The van der Waals surface area contributed by atoms with Gasteiger partial charge < -0.3 is 88.3 Å². The van der Waals surface area contributed by atoms with Crippen LogP contribution >= 0.6 is 7.82 Å². The summed E-state index contributed by atoms with van der Waals surface area (Å²) < 4.78 is 65.9. The van der Waals surface area contributed by atoms with E-state index >= 15 is 0 Å². The summed E-state index contributed by atoms with van der Waals surface area (Å²) in [5.41, 5.74) is 0. The Morgan fingerprint density at radius 1 is 0.776 bits per heavy atom. The molecule has 58 heavy (non-hydrogen) atoms. The minimum atomic E-state index is -4.32. The number of phosphoric acid groups is 1. The summed E-state index contributed by atoms with van der Waals surface area (Å²) >= 11 is 0. The number of amides is 1. The largest absolute Gasteiger partial charge is 0.479 e. The predicted molar refractivity (Wildman–Crippen MR) is 197 cm³/mol. The summed E-state index contributed by atoms with van der Waals surface area (Å²) in [5, 5.41) is 74.8. The Balaban J connectivity index is 1.63. The van der Waals surface area contributed by atoms with Crippen LogP contribution in [-0.4, -0.2) is 237 Å². The molecule has 24 heteroatoms. The van der Waals surface area contributed by atoms with Crippen molar-refractivity contribution in [2.45, 2.75) is 106 Å². The average molecular weight is 870 g/mol. The lowest BCUT2D eigenvalue weighted by molar-refractivity contribution is -0.870. The molecule has 2 fully saturated rings. The van der Waals surface area contributed by atoms with E-state index in [0.29, 0.717) is 30.5 Å². The highest BCUT2D eigenvalue weighted by molar-refractivity contribution is 7.47. The quantitative estimate of drug-likeness (QED) is 0.0199. The van der Waals surface area contributed by atoms with Crippen LogP contribution in [0.2, 0.25) is 0 Å². The molecule has 0 aromatic rings. The summed E-state index contributed by atoms with van der Waals surface area (Å²) in [5.74, 6) is -1.98. The number of aliphatic hydroxyl groups excluding tert-OH is 6. The number of carbonyl (C=O) groups is 2. The molecule has 14 atom stereocenters. The number of carboxylic acids is 1. The van der Waals surface area contributed by atoms with Crippen molar-refractivity contribution in [1.82, 2.24) is 5.32 Å². The summed E-state index contributed by atoms with van der Waals surface area (Å²) in [4.78, 5) is 33.4. The van der Waals surface area contributed by atoms with Crippen molar-refractivity contribution >= 4 is 19.7 Å². The molecule has 1 amide bonds. The minimum Gasteiger partial charge on any atom is -0.479 e. The van der Waals surface area contributed by atoms with Crippen molar-refractivity contribution in [2.24, 2.45) is 0 Å². The summed E-state index contributed by atoms with van der Waals surface area (Å²) in [7, 11) is 2.50. The van der Waals surface area contributed by atoms with Gasteiger partial charge in [0.1, 0.15) is 68.1 Å². The SMILES string of the molecule is CO[C@@H]1C(C(=O)O)O[C@@H](O[C@@H]2C(NC(C)=O)[C@H](C)OC(COCC(O)COCCCCOCC(O)COC[C@H](O)COP(=O)(O)OCC[N+](C)(C)C)[C@H]2O)C(O)[C@H]1O. The number of carboxylic acid groups (broad SMARTS) is 1. The van der Waals surface area contributed by atoms with E-state index in [4.69, 9.17) is 46.9 Å². The molecule has 0 saturated carbocycles. The molecule has 0 aromatic heterocycles. The number of methoxy groups -OCH3 is 1. The first-order chi connectivity index (χ1) is 27.2. The van der Waals surface area contributed by atoms with Gasteiger partial charge >= 0.3 is 13.8 Å². The maximum absolute atomic E-state index is 12.0. The molecule has 2 saturated heterocycles. The molecule has 342 valence electrons. The van der Waals surface area contributed by atoms with Gasteiger partial charge in [0.05, 0.1) is 79.5 Å². The number of phosphoric ester groups is 1. The molecule has 2 heterocycles. The van der Waals surface area contributed by atoms with Gasteiger partial charge in [0.15, 0.2) is 12.4 Å². The molecule has 2 aliphatic heterocycles. The number of unbranched alkanes of at least 4 members (excludes halogenated alkanes) is 1. The topological polar surface area (TPSA) is 317 Å². The standard InChI is InChI=1S/C34H65N2O21P/c1-20-26(35-21(2)37)30(56-34-29(43)28(42)31(48-6)32(57-34)33(44)45)27(41)25(55-20)19-52-16-23(39)14-50-11-8-7-10-49-13-22(38)15-51-17-24(40)18-54-58(46,47)53-12-9-36(3,4)5/h20,22-32,34,38-43H,7-19H2,1-6H3,(H2-,35,37,44,45,46,47)/p+1/t20-,22?,23?,24-,25?,26?,27+,28+,29?,30+,31-,32?,34+/m0/s1. The van der Waals surface area contributed by atoms with E-state index in [-0.39, 0.29) is 52.9 Å². The molecular weight excluding hydrogens is 803 g/mol. The van der Waals surface area contributed by atoms with Crippen LogP contribution < -0.4 is 5.32 Å². The van der Waals surface area contributed by atoms with E-state index in [1.807, 2.05) is 21.1 Å². The molecule has 9 N–H and O–H groups in total. The van der Waals surface area contributed by atoms with E-state index in [2.05, 4.69) is 5.32 Å². The third kappa shape index (κ3) is 19.4. The number of quaternary nitrogens is 1. The van der Waals surface area contributed by atoms with Crippen LogP contribution in [0.5, 0.6) is 0 Å². The lowest BCUT2D eigenvalue weighted by atomic mass is 9.92. The van der Waals surface area contributed by atoms with Crippen LogP contribution in [0.15, 0.2) is 0 Å². The molecule has 7 unspecified atom stereocenters. The zero-order chi connectivity index (χ0) is 43.6. The van der Waals surface area contributed by atoms with Crippen molar-refractivity contribution in [2.75, 3.05) is 101 Å². The maximum Gasteiger partial charge on any atom is 0.472 e. The lowest BCUT2D eigenvalue weighted by Crippen LogP contribution is -2.67. The van der Waals surface area contributed by atoms with Crippen LogP contribution in [-0.2, 0) is 61.1 Å². The smallest absolute Gasteiger partial charge is 0.472 e. The van der Waals surface area contributed by atoms with Crippen LogP contribution in [0, 0.1) is 0 Å². The molecule has 2 rings (SSSR count). The van der Waals surface area contributed by atoms with Gasteiger partial charge in [-0.2, -0.15) is 0 Å². The summed E-state index contributed by atoms with van der Waals surface area (Å²) in [6, 6.07) is -0.984. The Labute approximate surface area is 338 Å². The van der Waals surface area contributed by atoms with Gasteiger partial charge in [0, 0.05) is 27.2 Å². The van der Waals surface area contributed by atoms with E-state index in [1.165, 1.54) is 6.92 Å². The number of aliphatic carboxylic acids is 1. The first-order valence-corrected chi connectivity index (χ1v) is 20.5. The van der Waals surface area contributed by atoms with Gasteiger partial charge in [-0.1, -0.05) is 0 Å². The number of ether oxygens (including phenoxy) is 8. The van der Waals surface area contributed by atoms with Gasteiger partial charge in [-0.15, -0.1) is 0 Å². The normalized spacial score (nSPS) is 30.6. The molecule has 0 spiro atoms. The van der Waals surface area contributed by atoms with E-state index in [9.17, 15) is 54.8 Å². The summed E-state index contributed by atoms with van der Waals surface area (Å²) in [6.45, 7) is 2.45. The fraction of sp³-hybridized carbons (Fsp3) is 0.941. The molecule has 2 aliphatic rings. The minimum absolute atomic E-state index is 0.00345. The second-order valence-corrected chi connectivity index (χ2v) is 16.6. The predicted octanol–water partition coefficient (Wildman–Crippen LogP) is -3.66. The van der Waals surface area contributed by atoms with Crippen molar-refractivity contribution in [1.29, 1.82) is 0 Å². The van der Waals surface area contributed by atoms with E-state index in [0.717, 1.165) is 7.11 Å². The van der Waals surface area contributed by atoms with Crippen LogP contribution in [0.4, 0.5) is 0 Å². The van der Waals surface area contributed by atoms with Gasteiger partial charge in [-0.05, 0) is 19.8 Å². The Kier molecular flexibility index (Phi) is 23.6. The number of carbonyl (C=O) groups excluding carboxylic acids is 1.